The molecule has 4 rings (SSSR count). The van der Waals surface area contributed by atoms with E-state index < -0.39 is 10.0 Å². The van der Waals surface area contributed by atoms with Crippen LogP contribution in [-0.2, 0) is 10.0 Å². The van der Waals surface area contributed by atoms with Crippen LogP contribution in [-0.4, -0.2) is 23.8 Å². The van der Waals surface area contributed by atoms with Crippen molar-refractivity contribution in [1.82, 2.24) is 14.1 Å². The minimum absolute atomic E-state index is 0.0249. The third-order valence-corrected chi connectivity index (χ3v) is 6.63. The minimum Gasteiger partial charge on any atom is -0.288 e. The van der Waals surface area contributed by atoms with E-state index in [1.54, 1.807) is 24.4 Å². The number of pyridine rings is 1. The summed E-state index contributed by atoms with van der Waals surface area (Å²) < 4.78 is 29.8. The maximum Gasteiger partial charge on any atom is 0.260 e. The molecule has 5 nitrogen and oxygen atoms in total. The van der Waals surface area contributed by atoms with Gasteiger partial charge in [-0.25, -0.2) is 18.1 Å². The zero-order chi connectivity index (χ0) is 14.6. The Kier molecular flexibility index (Phi) is 3.03. The van der Waals surface area contributed by atoms with Gasteiger partial charge in [0, 0.05) is 12.2 Å². The summed E-state index contributed by atoms with van der Waals surface area (Å²) in [5, 5.41) is 0.0689. The summed E-state index contributed by atoms with van der Waals surface area (Å²) >= 11 is 6.07. The van der Waals surface area contributed by atoms with Gasteiger partial charge in [-0.3, -0.25) is 4.40 Å². The molecule has 0 aromatic carbocycles. The van der Waals surface area contributed by atoms with E-state index in [4.69, 9.17) is 11.6 Å². The summed E-state index contributed by atoms with van der Waals surface area (Å²) in [6.07, 6.45) is 6.12. The van der Waals surface area contributed by atoms with Gasteiger partial charge in [0.15, 0.2) is 10.2 Å². The van der Waals surface area contributed by atoms with Crippen molar-refractivity contribution in [3.63, 3.8) is 0 Å². The van der Waals surface area contributed by atoms with Crippen molar-refractivity contribution in [1.29, 1.82) is 0 Å². The lowest BCUT2D eigenvalue weighted by Crippen LogP contribution is -2.39. The van der Waals surface area contributed by atoms with Crippen molar-refractivity contribution in [3.8, 4) is 0 Å². The maximum absolute atomic E-state index is 12.7. The zero-order valence-electron chi connectivity index (χ0n) is 11.4. The van der Waals surface area contributed by atoms with Crippen LogP contribution in [0.15, 0.2) is 29.4 Å². The maximum atomic E-state index is 12.7. The Labute approximate surface area is 128 Å². The Morgan fingerprint density at radius 2 is 2.14 bits per heavy atom. The van der Waals surface area contributed by atoms with E-state index in [1.807, 2.05) is 0 Å². The molecule has 2 aliphatic carbocycles. The molecule has 2 heterocycles. The second-order valence-corrected chi connectivity index (χ2v) is 8.03. The average Bonchev–Trinajstić information content (AvgIpc) is 3.09. The quantitative estimate of drug-likeness (QED) is 0.942. The first kappa shape index (κ1) is 13.5. The lowest BCUT2D eigenvalue weighted by molar-refractivity contribution is 0.389. The first-order chi connectivity index (χ1) is 10.0. The Morgan fingerprint density at radius 3 is 2.86 bits per heavy atom. The molecule has 7 heteroatoms. The van der Waals surface area contributed by atoms with Crippen LogP contribution >= 0.6 is 11.6 Å². The van der Waals surface area contributed by atoms with E-state index in [1.165, 1.54) is 10.8 Å². The van der Waals surface area contributed by atoms with Crippen LogP contribution in [0.5, 0.6) is 0 Å². The van der Waals surface area contributed by atoms with E-state index >= 15 is 0 Å². The topological polar surface area (TPSA) is 63.5 Å². The van der Waals surface area contributed by atoms with Gasteiger partial charge in [0.1, 0.15) is 5.65 Å². The number of hydrogen-bond acceptors (Lipinski definition) is 3. The molecular weight excluding hydrogens is 310 g/mol. The van der Waals surface area contributed by atoms with Gasteiger partial charge >= 0.3 is 0 Å². The number of sulfonamides is 1. The molecule has 0 saturated heterocycles. The predicted octanol–water partition coefficient (Wildman–Crippen LogP) is 2.45. The second kappa shape index (κ2) is 4.69. The average molecular weight is 326 g/mol. The van der Waals surface area contributed by atoms with E-state index in [0.717, 1.165) is 19.3 Å². The molecule has 2 bridgehead atoms. The smallest absolute Gasteiger partial charge is 0.260 e. The largest absolute Gasteiger partial charge is 0.288 e. The first-order valence-corrected chi connectivity index (χ1v) is 9.05. The molecule has 0 spiro atoms. The van der Waals surface area contributed by atoms with Crippen molar-refractivity contribution in [2.75, 3.05) is 0 Å². The fraction of sp³-hybridized carbons (Fsp3) is 0.500. The molecule has 2 aromatic rings. The van der Waals surface area contributed by atoms with Gasteiger partial charge in [0.25, 0.3) is 10.0 Å². The molecule has 3 atom stereocenters. The highest BCUT2D eigenvalue weighted by Gasteiger charge is 2.42. The molecule has 0 radical (unpaired) electrons. The molecule has 2 saturated carbocycles. The lowest BCUT2D eigenvalue weighted by atomic mass is 9.96. The lowest BCUT2D eigenvalue weighted by Gasteiger charge is -2.22. The van der Waals surface area contributed by atoms with Crippen molar-refractivity contribution in [2.45, 2.75) is 36.8 Å². The summed E-state index contributed by atoms with van der Waals surface area (Å²) in [7, 11) is -3.66. The van der Waals surface area contributed by atoms with Gasteiger partial charge in [-0.15, -0.1) is 0 Å². The number of imidazole rings is 1. The first-order valence-electron chi connectivity index (χ1n) is 7.19. The van der Waals surface area contributed by atoms with Crippen LogP contribution < -0.4 is 4.72 Å². The van der Waals surface area contributed by atoms with Crippen LogP contribution in [0.3, 0.4) is 0 Å². The SMILES string of the molecule is O=S(=O)(NC1CC2CCC1C2)c1c(Cl)nc2ccccn12. The molecule has 0 amide bonds. The highest BCUT2D eigenvalue weighted by Crippen LogP contribution is 2.45. The van der Waals surface area contributed by atoms with Gasteiger partial charge in [-0.2, -0.15) is 0 Å². The summed E-state index contributed by atoms with van der Waals surface area (Å²) in [5.74, 6) is 1.16. The summed E-state index contributed by atoms with van der Waals surface area (Å²) in [5.41, 5.74) is 0.538. The molecule has 2 aromatic heterocycles. The van der Waals surface area contributed by atoms with Gasteiger partial charge < -0.3 is 0 Å². The molecule has 3 unspecified atom stereocenters. The standard InChI is InChI=1S/C14H16ClN3O2S/c15-13-14(18-6-2-1-3-12(18)16-13)21(19,20)17-11-8-9-4-5-10(11)7-9/h1-3,6,9-11,17H,4-5,7-8H2. The molecule has 112 valence electrons. The van der Waals surface area contributed by atoms with Crippen LogP contribution in [0.25, 0.3) is 5.65 Å². The number of halogens is 1. The molecule has 21 heavy (non-hydrogen) atoms. The number of hydrogen-bond donors (Lipinski definition) is 1. The monoisotopic (exact) mass is 325 g/mol. The number of aromatic nitrogens is 2. The molecule has 0 aliphatic heterocycles. The highest BCUT2D eigenvalue weighted by atomic mass is 35.5. The Hall–Kier alpha value is -1.11. The fourth-order valence-electron chi connectivity index (χ4n) is 3.83. The Bertz CT molecular complexity index is 802. The van der Waals surface area contributed by atoms with Gasteiger partial charge in [0.05, 0.1) is 0 Å². The normalized spacial score (nSPS) is 28.5. The van der Waals surface area contributed by atoms with E-state index in [0.29, 0.717) is 17.5 Å². The van der Waals surface area contributed by atoms with E-state index in [9.17, 15) is 8.42 Å². The second-order valence-electron chi connectivity index (χ2n) is 6.04. The van der Waals surface area contributed by atoms with E-state index in [-0.39, 0.29) is 16.2 Å². The number of fused-ring (bicyclic) bond motifs is 3. The van der Waals surface area contributed by atoms with Crippen LogP contribution in [0.4, 0.5) is 0 Å². The summed E-state index contributed by atoms with van der Waals surface area (Å²) in [6, 6.07) is 5.35. The number of rotatable bonds is 3. The number of nitrogens with zero attached hydrogens (tertiary/aromatic N) is 2. The molecular formula is C14H16ClN3O2S. The molecule has 1 N–H and O–H groups in total. The van der Waals surface area contributed by atoms with Gasteiger partial charge in [-0.1, -0.05) is 24.1 Å². The van der Waals surface area contributed by atoms with Gasteiger partial charge in [0.2, 0.25) is 0 Å². The van der Waals surface area contributed by atoms with Crippen LogP contribution in [0.1, 0.15) is 25.7 Å². The van der Waals surface area contributed by atoms with Crippen LogP contribution in [0.2, 0.25) is 5.15 Å². The fourth-order valence-corrected chi connectivity index (χ4v) is 5.79. The minimum atomic E-state index is -3.66. The van der Waals surface area contributed by atoms with Crippen LogP contribution in [0, 0.1) is 11.8 Å². The highest BCUT2D eigenvalue weighted by molar-refractivity contribution is 7.89. The van der Waals surface area contributed by atoms with Crippen molar-refractivity contribution in [3.05, 3.63) is 29.5 Å². The van der Waals surface area contributed by atoms with Crippen molar-refractivity contribution >= 4 is 27.3 Å². The van der Waals surface area contributed by atoms with E-state index in [2.05, 4.69) is 9.71 Å². The predicted molar refractivity (Wildman–Crippen MR) is 79.8 cm³/mol. The Morgan fingerprint density at radius 1 is 1.29 bits per heavy atom. The summed E-state index contributed by atoms with van der Waals surface area (Å²) in [4.78, 5) is 4.11. The molecule has 2 fully saturated rings. The van der Waals surface area contributed by atoms with Gasteiger partial charge in [-0.05, 0) is 43.2 Å². The number of nitrogens with one attached hydrogen (secondary N) is 1. The third-order valence-electron chi connectivity index (χ3n) is 4.75. The molecule has 2 aliphatic rings. The summed E-state index contributed by atoms with van der Waals surface area (Å²) in [6.45, 7) is 0. The van der Waals surface area contributed by atoms with Crippen molar-refractivity contribution < 1.29 is 8.42 Å². The van der Waals surface area contributed by atoms with Crippen molar-refractivity contribution in [2.24, 2.45) is 11.8 Å². The zero-order valence-corrected chi connectivity index (χ0v) is 12.9. The third kappa shape index (κ3) is 2.17. The Balaban J connectivity index is 1.72.